The first-order valence-electron chi connectivity index (χ1n) is 9.17. The van der Waals surface area contributed by atoms with Crippen molar-refractivity contribution in [3.05, 3.63) is 60.9 Å². The molecular weight excluding hydrogens is 340 g/mol. The lowest BCUT2D eigenvalue weighted by Crippen LogP contribution is -2.44. The topological polar surface area (TPSA) is 62.5 Å². The standard InChI is InChI=1S/C21H22N4O2/c1-24(17-8-3-2-4-9-17)21(26)16-7-5-13-25(15-16)20-12-11-18(22-23-20)19-10-6-14-27-19/h2-4,6,8-12,14,16H,5,7,13,15H2,1H3. The van der Waals surface area contributed by atoms with E-state index in [2.05, 4.69) is 15.1 Å². The Morgan fingerprint density at radius 3 is 2.67 bits per heavy atom. The van der Waals surface area contributed by atoms with Crippen LogP contribution in [0, 0.1) is 5.92 Å². The zero-order valence-corrected chi connectivity index (χ0v) is 15.3. The summed E-state index contributed by atoms with van der Waals surface area (Å²) in [6.07, 6.45) is 3.47. The van der Waals surface area contributed by atoms with Crippen LogP contribution in [-0.2, 0) is 4.79 Å². The van der Waals surface area contributed by atoms with Crippen LogP contribution < -0.4 is 9.80 Å². The van der Waals surface area contributed by atoms with E-state index >= 15 is 0 Å². The van der Waals surface area contributed by atoms with Gasteiger partial charge in [0.05, 0.1) is 12.2 Å². The second kappa shape index (κ2) is 7.61. The molecule has 27 heavy (non-hydrogen) atoms. The maximum atomic E-state index is 12.9. The fourth-order valence-electron chi connectivity index (χ4n) is 3.49. The van der Waals surface area contributed by atoms with E-state index in [-0.39, 0.29) is 11.8 Å². The van der Waals surface area contributed by atoms with Crippen LogP contribution in [0.1, 0.15) is 12.8 Å². The van der Waals surface area contributed by atoms with Gasteiger partial charge in [0, 0.05) is 25.8 Å². The van der Waals surface area contributed by atoms with E-state index < -0.39 is 0 Å². The van der Waals surface area contributed by atoms with Crippen molar-refractivity contribution in [2.75, 3.05) is 29.9 Å². The van der Waals surface area contributed by atoms with E-state index in [0.29, 0.717) is 18.0 Å². The lowest BCUT2D eigenvalue weighted by Gasteiger charge is -2.34. The van der Waals surface area contributed by atoms with Gasteiger partial charge in [0.15, 0.2) is 11.6 Å². The zero-order valence-electron chi connectivity index (χ0n) is 15.3. The minimum Gasteiger partial charge on any atom is -0.463 e. The molecule has 1 aliphatic rings. The van der Waals surface area contributed by atoms with Crippen LogP contribution >= 0.6 is 0 Å². The van der Waals surface area contributed by atoms with Gasteiger partial charge >= 0.3 is 0 Å². The molecule has 6 nitrogen and oxygen atoms in total. The predicted octanol–water partition coefficient (Wildman–Crippen LogP) is 3.62. The Kier molecular flexibility index (Phi) is 4.87. The van der Waals surface area contributed by atoms with E-state index in [1.54, 1.807) is 11.2 Å². The number of furan rings is 1. The number of carbonyl (C=O) groups excluding carboxylic acids is 1. The lowest BCUT2D eigenvalue weighted by atomic mass is 9.96. The largest absolute Gasteiger partial charge is 0.463 e. The molecule has 1 aliphatic heterocycles. The first-order valence-corrected chi connectivity index (χ1v) is 9.17. The second-order valence-electron chi connectivity index (χ2n) is 6.77. The molecule has 1 atom stereocenters. The summed E-state index contributed by atoms with van der Waals surface area (Å²) in [4.78, 5) is 16.8. The van der Waals surface area contributed by atoms with E-state index in [1.807, 2.05) is 61.6 Å². The van der Waals surface area contributed by atoms with Crippen LogP contribution in [0.2, 0.25) is 0 Å². The highest BCUT2D eigenvalue weighted by Gasteiger charge is 2.29. The van der Waals surface area contributed by atoms with Crippen molar-refractivity contribution >= 4 is 17.4 Å². The number of rotatable bonds is 4. The number of aromatic nitrogens is 2. The number of benzene rings is 1. The minimum absolute atomic E-state index is 0.0458. The zero-order chi connectivity index (χ0) is 18.6. The Bertz CT molecular complexity index is 878. The SMILES string of the molecule is CN(C(=O)C1CCCN(c2ccc(-c3ccco3)nn2)C1)c1ccccc1. The summed E-state index contributed by atoms with van der Waals surface area (Å²) in [5, 5.41) is 8.61. The van der Waals surface area contributed by atoms with Crippen LogP contribution in [0.5, 0.6) is 0 Å². The smallest absolute Gasteiger partial charge is 0.231 e. The molecule has 138 valence electrons. The minimum atomic E-state index is -0.0458. The van der Waals surface area contributed by atoms with Crippen LogP contribution in [0.25, 0.3) is 11.5 Å². The molecule has 3 heterocycles. The average molecular weight is 362 g/mol. The number of carbonyl (C=O) groups is 1. The molecule has 6 heteroatoms. The third-order valence-corrected chi connectivity index (χ3v) is 4.99. The van der Waals surface area contributed by atoms with Gasteiger partial charge in [-0.1, -0.05) is 18.2 Å². The molecule has 1 unspecified atom stereocenters. The number of amides is 1. The van der Waals surface area contributed by atoms with Crippen LogP contribution in [0.15, 0.2) is 65.3 Å². The van der Waals surface area contributed by atoms with Crippen molar-refractivity contribution in [3.8, 4) is 11.5 Å². The molecule has 2 aromatic heterocycles. The number of piperidine rings is 1. The van der Waals surface area contributed by atoms with Gasteiger partial charge in [0.1, 0.15) is 5.69 Å². The Morgan fingerprint density at radius 1 is 1.11 bits per heavy atom. The summed E-state index contributed by atoms with van der Waals surface area (Å²) >= 11 is 0. The molecule has 4 rings (SSSR count). The van der Waals surface area contributed by atoms with Crippen molar-refractivity contribution in [3.63, 3.8) is 0 Å². The quantitative estimate of drug-likeness (QED) is 0.709. The summed E-state index contributed by atoms with van der Waals surface area (Å²) in [7, 11) is 1.84. The summed E-state index contributed by atoms with van der Waals surface area (Å²) < 4.78 is 5.36. The molecule has 0 N–H and O–H groups in total. The van der Waals surface area contributed by atoms with Gasteiger partial charge in [0.2, 0.25) is 5.91 Å². The van der Waals surface area contributed by atoms with Crippen molar-refractivity contribution in [2.24, 2.45) is 5.92 Å². The molecule has 0 bridgehead atoms. The number of nitrogens with zero attached hydrogens (tertiary/aromatic N) is 4. The monoisotopic (exact) mass is 362 g/mol. The molecule has 0 aliphatic carbocycles. The molecule has 1 saturated heterocycles. The third-order valence-electron chi connectivity index (χ3n) is 4.99. The molecule has 0 saturated carbocycles. The van der Waals surface area contributed by atoms with E-state index in [1.165, 1.54) is 0 Å². The van der Waals surface area contributed by atoms with Crippen LogP contribution in [-0.4, -0.2) is 36.2 Å². The highest BCUT2D eigenvalue weighted by molar-refractivity contribution is 5.95. The average Bonchev–Trinajstić information content (AvgIpc) is 3.28. The maximum absolute atomic E-state index is 12.9. The summed E-state index contributed by atoms with van der Waals surface area (Å²) in [5.74, 6) is 1.59. The first-order chi connectivity index (χ1) is 13.2. The third kappa shape index (κ3) is 3.69. The first kappa shape index (κ1) is 17.3. The summed E-state index contributed by atoms with van der Waals surface area (Å²) in [5.41, 5.74) is 1.62. The fraction of sp³-hybridized carbons (Fsp3) is 0.286. The number of hydrogen-bond donors (Lipinski definition) is 0. The van der Waals surface area contributed by atoms with E-state index in [9.17, 15) is 4.79 Å². The van der Waals surface area contributed by atoms with Crippen LogP contribution in [0.3, 0.4) is 0 Å². The van der Waals surface area contributed by atoms with Crippen molar-refractivity contribution in [1.82, 2.24) is 10.2 Å². The van der Waals surface area contributed by atoms with Crippen molar-refractivity contribution < 1.29 is 9.21 Å². The molecule has 0 spiro atoms. The molecule has 1 amide bonds. The highest BCUT2D eigenvalue weighted by Crippen LogP contribution is 2.25. The lowest BCUT2D eigenvalue weighted by molar-refractivity contribution is -0.122. The Morgan fingerprint density at radius 2 is 1.96 bits per heavy atom. The molecule has 1 aromatic carbocycles. The predicted molar refractivity (Wildman–Crippen MR) is 105 cm³/mol. The van der Waals surface area contributed by atoms with Gasteiger partial charge in [-0.2, -0.15) is 0 Å². The summed E-state index contributed by atoms with van der Waals surface area (Å²) in [6, 6.07) is 17.3. The van der Waals surface area contributed by atoms with Gasteiger partial charge in [-0.15, -0.1) is 10.2 Å². The van der Waals surface area contributed by atoms with Crippen LogP contribution in [0.4, 0.5) is 11.5 Å². The number of para-hydroxylation sites is 1. The van der Waals surface area contributed by atoms with Crippen molar-refractivity contribution in [1.29, 1.82) is 0 Å². The Balaban J connectivity index is 1.45. The molecular formula is C21H22N4O2. The summed E-state index contributed by atoms with van der Waals surface area (Å²) in [6.45, 7) is 1.54. The van der Waals surface area contributed by atoms with Crippen molar-refractivity contribution in [2.45, 2.75) is 12.8 Å². The van der Waals surface area contributed by atoms with E-state index in [0.717, 1.165) is 30.9 Å². The van der Waals surface area contributed by atoms with Gasteiger partial charge in [-0.05, 0) is 49.2 Å². The molecule has 1 fully saturated rings. The number of anilines is 2. The number of hydrogen-bond acceptors (Lipinski definition) is 5. The Labute approximate surface area is 158 Å². The van der Waals surface area contributed by atoms with Gasteiger partial charge < -0.3 is 14.2 Å². The normalized spacial score (nSPS) is 16.9. The molecule has 3 aromatic rings. The Hall–Kier alpha value is -3.15. The highest BCUT2D eigenvalue weighted by atomic mass is 16.3. The van der Waals surface area contributed by atoms with Gasteiger partial charge in [-0.25, -0.2) is 0 Å². The van der Waals surface area contributed by atoms with Gasteiger partial charge in [0.25, 0.3) is 0 Å². The maximum Gasteiger partial charge on any atom is 0.231 e. The second-order valence-corrected chi connectivity index (χ2v) is 6.77. The van der Waals surface area contributed by atoms with Gasteiger partial charge in [-0.3, -0.25) is 4.79 Å². The van der Waals surface area contributed by atoms with E-state index in [4.69, 9.17) is 4.42 Å². The fourth-order valence-corrected chi connectivity index (χ4v) is 3.49. The molecule has 0 radical (unpaired) electrons.